The van der Waals surface area contributed by atoms with Crippen LogP contribution in [-0.2, 0) is 4.79 Å². The van der Waals surface area contributed by atoms with E-state index in [9.17, 15) is 23.1 Å². The molecule has 0 bridgehead atoms. The maximum absolute atomic E-state index is 12.8. The number of halogens is 3. The molecule has 1 aliphatic rings. The van der Waals surface area contributed by atoms with Crippen molar-refractivity contribution in [2.24, 2.45) is 5.92 Å². The van der Waals surface area contributed by atoms with Gasteiger partial charge in [0.1, 0.15) is 5.75 Å². The van der Waals surface area contributed by atoms with Crippen molar-refractivity contribution in [3.05, 3.63) is 30.3 Å². The van der Waals surface area contributed by atoms with Crippen LogP contribution in [0.5, 0.6) is 5.75 Å². The Balaban J connectivity index is 1.67. The Morgan fingerprint density at radius 1 is 1.32 bits per heavy atom. The van der Waals surface area contributed by atoms with Crippen molar-refractivity contribution in [1.82, 2.24) is 5.32 Å². The largest absolute Gasteiger partial charge is 0.494 e. The molecule has 0 spiro atoms. The number of carbonyl (C=O) groups excluding carboxylic acids is 1. The lowest BCUT2D eigenvalue weighted by molar-refractivity contribution is -0.199. The van der Waals surface area contributed by atoms with Crippen molar-refractivity contribution < 1.29 is 27.8 Å². The Labute approximate surface area is 145 Å². The summed E-state index contributed by atoms with van der Waals surface area (Å²) in [6.45, 7) is 0.232. The quantitative estimate of drug-likeness (QED) is 0.733. The molecule has 0 heterocycles. The number of benzene rings is 1. The molecule has 140 valence electrons. The summed E-state index contributed by atoms with van der Waals surface area (Å²) in [5.41, 5.74) is -1.48. The molecule has 0 aromatic heterocycles. The van der Waals surface area contributed by atoms with E-state index in [1.54, 1.807) is 0 Å². The van der Waals surface area contributed by atoms with E-state index >= 15 is 0 Å². The lowest BCUT2D eigenvalue weighted by Gasteiger charge is -2.37. The van der Waals surface area contributed by atoms with Gasteiger partial charge in [0, 0.05) is 13.0 Å². The van der Waals surface area contributed by atoms with Crippen LogP contribution in [0.25, 0.3) is 0 Å². The van der Waals surface area contributed by atoms with Gasteiger partial charge in [-0.25, -0.2) is 0 Å². The van der Waals surface area contributed by atoms with E-state index in [2.05, 4.69) is 5.32 Å². The maximum Gasteiger partial charge on any atom is 0.391 e. The van der Waals surface area contributed by atoms with Crippen LogP contribution in [0, 0.1) is 5.92 Å². The molecule has 0 radical (unpaired) electrons. The molecule has 4 nitrogen and oxygen atoms in total. The molecule has 1 aliphatic carbocycles. The first-order valence-electron chi connectivity index (χ1n) is 8.52. The molecule has 2 N–H and O–H groups in total. The second-order valence-corrected chi connectivity index (χ2v) is 6.60. The molecule has 1 aromatic rings. The van der Waals surface area contributed by atoms with Crippen LogP contribution in [-0.4, -0.2) is 35.9 Å². The number of hydrogen-bond acceptors (Lipinski definition) is 3. The first kappa shape index (κ1) is 19.6. The van der Waals surface area contributed by atoms with Gasteiger partial charge < -0.3 is 15.2 Å². The molecule has 1 fully saturated rings. The monoisotopic (exact) mass is 359 g/mol. The highest BCUT2D eigenvalue weighted by atomic mass is 19.4. The summed E-state index contributed by atoms with van der Waals surface area (Å²) >= 11 is 0. The summed E-state index contributed by atoms with van der Waals surface area (Å²) in [6, 6.07) is 9.20. The number of ether oxygens (including phenoxy) is 1. The lowest BCUT2D eigenvalue weighted by Crippen LogP contribution is -2.48. The van der Waals surface area contributed by atoms with E-state index < -0.39 is 17.7 Å². The van der Waals surface area contributed by atoms with Gasteiger partial charge in [0.05, 0.1) is 18.1 Å². The third kappa shape index (κ3) is 6.57. The van der Waals surface area contributed by atoms with Crippen molar-refractivity contribution in [2.75, 3.05) is 13.2 Å². The van der Waals surface area contributed by atoms with Crippen molar-refractivity contribution in [1.29, 1.82) is 0 Å². The van der Waals surface area contributed by atoms with E-state index in [0.717, 1.165) is 5.75 Å². The molecule has 0 aliphatic heterocycles. The van der Waals surface area contributed by atoms with Crippen LogP contribution in [0.2, 0.25) is 0 Å². The van der Waals surface area contributed by atoms with Gasteiger partial charge in [-0.05, 0) is 44.2 Å². The Hall–Kier alpha value is -1.76. The predicted octanol–water partition coefficient (Wildman–Crippen LogP) is 3.45. The van der Waals surface area contributed by atoms with E-state index in [1.807, 2.05) is 30.3 Å². The number of aliphatic hydroxyl groups is 1. The summed E-state index contributed by atoms with van der Waals surface area (Å²) in [4.78, 5) is 11.8. The number of carbonyl (C=O) groups is 1. The minimum Gasteiger partial charge on any atom is -0.494 e. The number of alkyl halides is 3. The number of nitrogens with one attached hydrogen (secondary N) is 1. The normalized spacial score (nSPS) is 23.9. The fourth-order valence-corrected chi connectivity index (χ4v) is 3.07. The second-order valence-electron chi connectivity index (χ2n) is 6.60. The Kier molecular flexibility index (Phi) is 6.70. The lowest BCUT2D eigenvalue weighted by atomic mass is 9.77. The molecule has 25 heavy (non-hydrogen) atoms. The summed E-state index contributed by atoms with van der Waals surface area (Å²) in [5, 5.41) is 12.9. The van der Waals surface area contributed by atoms with Crippen LogP contribution in [0.3, 0.4) is 0 Å². The summed E-state index contributed by atoms with van der Waals surface area (Å²) in [6.07, 6.45) is -3.34. The first-order chi connectivity index (χ1) is 11.8. The van der Waals surface area contributed by atoms with Gasteiger partial charge in [-0.3, -0.25) is 4.79 Å². The smallest absolute Gasteiger partial charge is 0.391 e. The number of hydrogen-bond donors (Lipinski definition) is 2. The maximum atomic E-state index is 12.8. The minimum absolute atomic E-state index is 0.0383. The highest BCUT2D eigenvalue weighted by molar-refractivity contribution is 5.75. The molecular weight excluding hydrogens is 335 g/mol. The average Bonchev–Trinajstić information content (AvgIpc) is 2.57. The van der Waals surface area contributed by atoms with E-state index in [4.69, 9.17) is 4.74 Å². The SMILES string of the molecule is O=C(CCCOc1ccccc1)NC[C@@]1(O)CCC[C@@H](C(F)(F)F)C1. The van der Waals surface area contributed by atoms with Crippen molar-refractivity contribution in [2.45, 2.75) is 50.3 Å². The van der Waals surface area contributed by atoms with Gasteiger partial charge in [-0.1, -0.05) is 18.2 Å². The van der Waals surface area contributed by atoms with Crippen LogP contribution >= 0.6 is 0 Å². The highest BCUT2D eigenvalue weighted by Gasteiger charge is 2.46. The molecule has 1 aromatic carbocycles. The van der Waals surface area contributed by atoms with Crippen LogP contribution in [0.4, 0.5) is 13.2 Å². The topological polar surface area (TPSA) is 58.6 Å². The average molecular weight is 359 g/mol. The molecule has 1 saturated carbocycles. The first-order valence-corrected chi connectivity index (χ1v) is 8.52. The predicted molar refractivity (Wildman–Crippen MR) is 87.1 cm³/mol. The second kappa shape index (κ2) is 8.56. The molecule has 0 saturated heterocycles. The van der Waals surface area contributed by atoms with Gasteiger partial charge in [0.2, 0.25) is 5.91 Å². The van der Waals surface area contributed by atoms with Crippen molar-refractivity contribution in [3.8, 4) is 5.75 Å². The summed E-state index contributed by atoms with van der Waals surface area (Å²) in [7, 11) is 0. The third-order valence-electron chi connectivity index (χ3n) is 4.46. The number of para-hydroxylation sites is 1. The molecule has 1 amide bonds. The van der Waals surface area contributed by atoms with Crippen molar-refractivity contribution in [3.63, 3.8) is 0 Å². The van der Waals surface area contributed by atoms with Gasteiger partial charge >= 0.3 is 6.18 Å². The standard InChI is InChI=1S/C18H24F3NO3/c19-18(20,21)14-6-4-10-17(24,12-14)13-22-16(23)9-5-11-25-15-7-2-1-3-8-15/h1-3,7-8,14,24H,4-6,9-13H2,(H,22,23)/t14-,17-/m1/s1. The minimum atomic E-state index is -4.30. The van der Waals surface area contributed by atoms with Crippen molar-refractivity contribution >= 4 is 5.91 Å². The third-order valence-corrected chi connectivity index (χ3v) is 4.46. The Morgan fingerprint density at radius 2 is 2.04 bits per heavy atom. The summed E-state index contributed by atoms with van der Waals surface area (Å²) < 4.78 is 43.9. The van der Waals surface area contributed by atoms with Gasteiger partial charge in [0.15, 0.2) is 0 Å². The summed E-state index contributed by atoms with van der Waals surface area (Å²) in [5.74, 6) is -1.07. The molecule has 0 unspecified atom stereocenters. The van der Waals surface area contributed by atoms with Crippen LogP contribution in [0.15, 0.2) is 30.3 Å². The fourth-order valence-electron chi connectivity index (χ4n) is 3.07. The van der Waals surface area contributed by atoms with E-state index in [0.29, 0.717) is 19.4 Å². The molecule has 2 atom stereocenters. The van der Waals surface area contributed by atoms with Gasteiger partial charge in [-0.15, -0.1) is 0 Å². The van der Waals surface area contributed by atoms with E-state index in [-0.39, 0.29) is 38.1 Å². The highest BCUT2D eigenvalue weighted by Crippen LogP contribution is 2.41. The zero-order valence-corrected chi connectivity index (χ0v) is 14.0. The van der Waals surface area contributed by atoms with Crippen LogP contribution < -0.4 is 10.1 Å². The van der Waals surface area contributed by atoms with E-state index in [1.165, 1.54) is 0 Å². The Bertz CT molecular complexity index is 550. The number of amides is 1. The van der Waals surface area contributed by atoms with Crippen LogP contribution in [0.1, 0.15) is 38.5 Å². The van der Waals surface area contributed by atoms with Gasteiger partial charge in [-0.2, -0.15) is 13.2 Å². The zero-order valence-electron chi connectivity index (χ0n) is 14.0. The molecular formula is C18H24F3NO3. The Morgan fingerprint density at radius 3 is 2.72 bits per heavy atom. The molecule has 7 heteroatoms. The zero-order chi connectivity index (χ0) is 18.3. The fraction of sp³-hybridized carbons (Fsp3) is 0.611. The van der Waals surface area contributed by atoms with Gasteiger partial charge in [0.25, 0.3) is 0 Å². The number of rotatable bonds is 7. The molecule has 2 rings (SSSR count).